The lowest BCUT2D eigenvalue weighted by molar-refractivity contribution is -0.143. The molecule has 1 aliphatic carbocycles. The van der Waals surface area contributed by atoms with Crippen molar-refractivity contribution in [3.8, 4) is 0 Å². The number of morpholine rings is 1. The molecule has 1 saturated carbocycles. The lowest BCUT2D eigenvalue weighted by atomic mass is 10.0. The van der Waals surface area contributed by atoms with Gasteiger partial charge >= 0.3 is 0 Å². The molecule has 1 aromatic rings. The largest absolute Gasteiger partial charge is 0.378 e. The third kappa shape index (κ3) is 3.30. The number of nitrogens with one attached hydrogen (secondary N) is 1. The van der Waals surface area contributed by atoms with Crippen LogP contribution in [0.1, 0.15) is 32.1 Å². The van der Waals surface area contributed by atoms with Crippen molar-refractivity contribution < 1.29 is 14.3 Å². The van der Waals surface area contributed by atoms with Crippen LogP contribution in [0.3, 0.4) is 0 Å². The first kappa shape index (κ1) is 17.3. The molecule has 1 aromatic carbocycles. The summed E-state index contributed by atoms with van der Waals surface area (Å²) in [4.78, 5) is 30.1. The highest BCUT2D eigenvalue weighted by Crippen LogP contribution is 2.49. The van der Waals surface area contributed by atoms with Gasteiger partial charge in [-0.3, -0.25) is 9.59 Å². The summed E-state index contributed by atoms with van der Waals surface area (Å²) in [5.74, 6) is -0.118. The van der Waals surface area contributed by atoms with Gasteiger partial charge in [-0.25, -0.2) is 0 Å². The van der Waals surface area contributed by atoms with Gasteiger partial charge in [-0.2, -0.15) is 0 Å². The fourth-order valence-electron chi connectivity index (χ4n) is 3.96. The maximum absolute atomic E-state index is 13.0. The smallest absolute Gasteiger partial charge is 0.240 e. The zero-order chi connectivity index (χ0) is 18.0. The predicted octanol–water partition coefficient (Wildman–Crippen LogP) is 2.25. The fourth-order valence-corrected chi connectivity index (χ4v) is 3.96. The van der Waals surface area contributed by atoms with Crippen LogP contribution in [0, 0.1) is 5.41 Å². The molecular weight excluding hydrogens is 330 g/mol. The molecule has 4 rings (SSSR count). The molecular formula is C20H27N3O3. The Hall–Kier alpha value is -2.08. The second-order valence-electron chi connectivity index (χ2n) is 7.51. The van der Waals surface area contributed by atoms with Gasteiger partial charge in [0, 0.05) is 26.2 Å². The summed E-state index contributed by atoms with van der Waals surface area (Å²) in [5.41, 5.74) is 0.956. The number of ether oxygens (including phenoxy) is 1. The lowest BCUT2D eigenvalue weighted by Gasteiger charge is -2.32. The van der Waals surface area contributed by atoms with Crippen LogP contribution in [0.2, 0.25) is 0 Å². The number of para-hydroxylation sites is 2. The predicted molar refractivity (Wildman–Crippen MR) is 100 cm³/mol. The Kier molecular flexibility index (Phi) is 4.85. The molecule has 2 heterocycles. The number of amides is 2. The monoisotopic (exact) mass is 357 g/mol. The fraction of sp³-hybridized carbons (Fsp3) is 0.600. The van der Waals surface area contributed by atoms with E-state index in [-0.39, 0.29) is 11.8 Å². The van der Waals surface area contributed by atoms with E-state index in [1.54, 1.807) is 0 Å². The Labute approximate surface area is 154 Å². The SMILES string of the molecule is O=C(Nc1ccccc1N1CCOCC1)C1(C(=O)N2CCCCC2)CC1. The molecule has 3 fully saturated rings. The van der Waals surface area contributed by atoms with Crippen LogP contribution < -0.4 is 10.2 Å². The maximum atomic E-state index is 13.0. The van der Waals surface area contributed by atoms with E-state index < -0.39 is 5.41 Å². The Morgan fingerprint density at radius 3 is 2.35 bits per heavy atom. The molecule has 140 valence electrons. The van der Waals surface area contributed by atoms with Crippen molar-refractivity contribution >= 4 is 23.2 Å². The molecule has 2 saturated heterocycles. The summed E-state index contributed by atoms with van der Waals surface area (Å²) in [6.07, 6.45) is 4.59. The first-order valence-corrected chi connectivity index (χ1v) is 9.73. The van der Waals surface area contributed by atoms with Crippen LogP contribution in [0.5, 0.6) is 0 Å². The minimum absolute atomic E-state index is 0.0264. The highest BCUT2D eigenvalue weighted by atomic mass is 16.5. The van der Waals surface area contributed by atoms with E-state index >= 15 is 0 Å². The molecule has 2 amide bonds. The van der Waals surface area contributed by atoms with Crippen molar-refractivity contribution in [2.24, 2.45) is 5.41 Å². The van der Waals surface area contributed by atoms with Crippen molar-refractivity contribution in [1.82, 2.24) is 4.90 Å². The van der Waals surface area contributed by atoms with Crippen LogP contribution in [0.4, 0.5) is 11.4 Å². The summed E-state index contributed by atoms with van der Waals surface area (Å²) >= 11 is 0. The molecule has 0 atom stereocenters. The standard InChI is InChI=1S/C20H27N3O3/c24-18(20(8-9-20)19(25)23-10-4-1-5-11-23)21-16-6-2-3-7-17(16)22-12-14-26-15-13-22/h2-3,6-7H,1,4-5,8-15H2,(H,21,24). The van der Waals surface area contributed by atoms with E-state index in [9.17, 15) is 9.59 Å². The average Bonchev–Trinajstić information content (AvgIpc) is 3.51. The highest BCUT2D eigenvalue weighted by Gasteiger charge is 2.58. The van der Waals surface area contributed by atoms with E-state index in [4.69, 9.17) is 4.74 Å². The first-order chi connectivity index (χ1) is 12.7. The van der Waals surface area contributed by atoms with Gasteiger partial charge in [0.1, 0.15) is 5.41 Å². The van der Waals surface area contributed by atoms with Crippen molar-refractivity contribution in [3.05, 3.63) is 24.3 Å². The third-order valence-electron chi connectivity index (χ3n) is 5.74. The summed E-state index contributed by atoms with van der Waals surface area (Å²) in [5, 5.41) is 3.06. The highest BCUT2D eigenvalue weighted by molar-refractivity contribution is 6.13. The average molecular weight is 357 g/mol. The van der Waals surface area contributed by atoms with Crippen molar-refractivity contribution in [1.29, 1.82) is 0 Å². The third-order valence-corrected chi connectivity index (χ3v) is 5.74. The molecule has 0 radical (unpaired) electrons. The van der Waals surface area contributed by atoms with Gasteiger partial charge in [0.2, 0.25) is 11.8 Å². The van der Waals surface area contributed by atoms with Gasteiger partial charge in [-0.1, -0.05) is 12.1 Å². The Morgan fingerprint density at radius 1 is 0.962 bits per heavy atom. The van der Waals surface area contributed by atoms with Crippen molar-refractivity contribution in [2.75, 3.05) is 49.6 Å². The summed E-state index contributed by atoms with van der Waals surface area (Å²) in [6.45, 7) is 4.59. The van der Waals surface area contributed by atoms with Gasteiger partial charge in [0.15, 0.2) is 0 Å². The molecule has 26 heavy (non-hydrogen) atoms. The van der Waals surface area contributed by atoms with E-state index in [0.717, 1.165) is 50.4 Å². The number of carbonyl (C=O) groups excluding carboxylic acids is 2. The molecule has 2 aliphatic heterocycles. The zero-order valence-corrected chi connectivity index (χ0v) is 15.2. The molecule has 6 nitrogen and oxygen atoms in total. The van der Waals surface area contributed by atoms with Gasteiger partial charge in [-0.15, -0.1) is 0 Å². The van der Waals surface area contributed by atoms with E-state index in [1.165, 1.54) is 6.42 Å². The zero-order valence-electron chi connectivity index (χ0n) is 15.2. The lowest BCUT2D eigenvalue weighted by Crippen LogP contribution is -2.45. The number of carbonyl (C=O) groups is 2. The summed E-state index contributed by atoms with van der Waals surface area (Å²) < 4.78 is 5.43. The van der Waals surface area contributed by atoms with Crippen molar-refractivity contribution in [3.63, 3.8) is 0 Å². The summed E-state index contributed by atoms with van der Waals surface area (Å²) in [6, 6.07) is 7.84. The van der Waals surface area contributed by atoms with Crippen molar-refractivity contribution in [2.45, 2.75) is 32.1 Å². The molecule has 0 spiro atoms. The number of hydrogen-bond acceptors (Lipinski definition) is 4. The van der Waals surface area contributed by atoms with Crippen LogP contribution in [0.25, 0.3) is 0 Å². The topological polar surface area (TPSA) is 61.9 Å². The van der Waals surface area contributed by atoms with Gasteiger partial charge in [-0.05, 0) is 44.2 Å². The summed E-state index contributed by atoms with van der Waals surface area (Å²) in [7, 11) is 0. The van der Waals surface area contributed by atoms with Gasteiger partial charge in [0.05, 0.1) is 24.6 Å². The van der Waals surface area contributed by atoms with E-state index in [2.05, 4.69) is 10.2 Å². The van der Waals surface area contributed by atoms with Crippen LogP contribution in [0.15, 0.2) is 24.3 Å². The Morgan fingerprint density at radius 2 is 1.65 bits per heavy atom. The molecule has 3 aliphatic rings. The Bertz CT molecular complexity index is 675. The van der Waals surface area contributed by atoms with Gasteiger partial charge < -0.3 is 19.9 Å². The number of anilines is 2. The van der Waals surface area contributed by atoms with E-state index in [1.807, 2.05) is 29.2 Å². The molecule has 6 heteroatoms. The number of nitrogens with zero attached hydrogens (tertiary/aromatic N) is 2. The van der Waals surface area contributed by atoms with E-state index in [0.29, 0.717) is 26.1 Å². The Balaban J connectivity index is 1.49. The first-order valence-electron chi connectivity index (χ1n) is 9.73. The molecule has 0 aromatic heterocycles. The van der Waals surface area contributed by atoms with Gasteiger partial charge in [0.25, 0.3) is 0 Å². The number of rotatable bonds is 4. The number of benzene rings is 1. The number of hydrogen-bond donors (Lipinski definition) is 1. The molecule has 1 N–H and O–H groups in total. The minimum Gasteiger partial charge on any atom is -0.378 e. The van der Waals surface area contributed by atoms with Crippen LogP contribution in [-0.2, 0) is 14.3 Å². The number of likely N-dealkylation sites (tertiary alicyclic amines) is 1. The second kappa shape index (κ2) is 7.27. The van der Waals surface area contributed by atoms with Crippen LogP contribution >= 0.6 is 0 Å². The van der Waals surface area contributed by atoms with Crippen LogP contribution in [-0.4, -0.2) is 56.1 Å². The molecule has 0 unspecified atom stereocenters. The maximum Gasteiger partial charge on any atom is 0.240 e. The number of piperidine rings is 1. The quantitative estimate of drug-likeness (QED) is 0.840. The minimum atomic E-state index is -0.838. The molecule has 0 bridgehead atoms. The second-order valence-corrected chi connectivity index (χ2v) is 7.51. The normalized spacial score (nSPS) is 22.0.